The minimum Gasteiger partial charge on any atom is -0.352 e. The molecule has 1 fully saturated rings. The molecule has 1 atom stereocenters. The normalized spacial score (nSPS) is 17.4. The molecule has 0 amide bonds. The van der Waals surface area contributed by atoms with Gasteiger partial charge in [-0.15, -0.1) is 0 Å². The van der Waals surface area contributed by atoms with Gasteiger partial charge in [-0.25, -0.2) is 0 Å². The maximum Gasteiger partial charge on any atom is 0.158 e. The van der Waals surface area contributed by atoms with E-state index in [4.69, 9.17) is 16.3 Å². The molecule has 1 aliphatic rings. The molecule has 2 heterocycles. The summed E-state index contributed by atoms with van der Waals surface area (Å²) in [5.41, 5.74) is 4.71. The minimum atomic E-state index is -0.0405. The van der Waals surface area contributed by atoms with Gasteiger partial charge in [-0.1, -0.05) is 29.3 Å². The van der Waals surface area contributed by atoms with E-state index in [1.165, 1.54) is 11.3 Å². The molecule has 0 aliphatic carbocycles. The Hall–Kier alpha value is -2.23. The summed E-state index contributed by atoms with van der Waals surface area (Å²) in [5.74, 6) is 0. The number of nitrogens with zero attached hydrogens (tertiary/aromatic N) is 2. The smallest absolute Gasteiger partial charge is 0.158 e. The standard InChI is InChI=1S/C20H19ClN2O/c1-15-2-6-19(7-3-15)23-12-13-24-20(23)16-10-11-22(14-16)18-8-4-17(21)5-9-18/h2-11,14,20H,12-13H2,1H3. The van der Waals surface area contributed by atoms with Crippen LogP contribution in [-0.4, -0.2) is 17.7 Å². The topological polar surface area (TPSA) is 17.4 Å². The van der Waals surface area contributed by atoms with Crippen LogP contribution in [0.3, 0.4) is 0 Å². The Bertz CT molecular complexity index is 824. The van der Waals surface area contributed by atoms with Gasteiger partial charge >= 0.3 is 0 Å². The van der Waals surface area contributed by atoms with Crippen molar-refractivity contribution >= 4 is 17.3 Å². The summed E-state index contributed by atoms with van der Waals surface area (Å²) in [6.45, 7) is 3.75. The lowest BCUT2D eigenvalue weighted by Crippen LogP contribution is -2.22. The van der Waals surface area contributed by atoms with Crippen LogP contribution >= 0.6 is 11.6 Å². The van der Waals surface area contributed by atoms with Crippen LogP contribution in [0.4, 0.5) is 5.69 Å². The number of anilines is 1. The lowest BCUT2D eigenvalue weighted by Gasteiger charge is -2.24. The van der Waals surface area contributed by atoms with Crippen LogP contribution in [0, 0.1) is 6.92 Å². The van der Waals surface area contributed by atoms with Crippen molar-refractivity contribution in [1.29, 1.82) is 0 Å². The number of aryl methyl sites for hydroxylation is 1. The Morgan fingerprint density at radius 2 is 1.67 bits per heavy atom. The first-order chi connectivity index (χ1) is 11.7. The first kappa shape index (κ1) is 15.3. The van der Waals surface area contributed by atoms with Crippen molar-refractivity contribution in [3.8, 4) is 5.69 Å². The largest absolute Gasteiger partial charge is 0.352 e. The summed E-state index contributed by atoms with van der Waals surface area (Å²) in [7, 11) is 0. The second-order valence-corrected chi connectivity index (χ2v) is 6.52. The zero-order chi connectivity index (χ0) is 16.5. The molecule has 3 aromatic rings. The van der Waals surface area contributed by atoms with Crippen molar-refractivity contribution in [2.75, 3.05) is 18.1 Å². The SMILES string of the molecule is Cc1ccc(N2CCOC2c2ccn(-c3ccc(Cl)cc3)c2)cc1. The molecule has 3 nitrogen and oxygen atoms in total. The summed E-state index contributed by atoms with van der Waals surface area (Å²) < 4.78 is 8.09. The summed E-state index contributed by atoms with van der Waals surface area (Å²) >= 11 is 5.97. The predicted octanol–water partition coefficient (Wildman–Crippen LogP) is 4.97. The molecule has 1 saturated heterocycles. The molecule has 0 saturated carbocycles. The van der Waals surface area contributed by atoms with Crippen molar-refractivity contribution < 1.29 is 4.74 Å². The van der Waals surface area contributed by atoms with Crippen molar-refractivity contribution in [2.24, 2.45) is 0 Å². The van der Waals surface area contributed by atoms with Gasteiger partial charge in [0.1, 0.15) is 0 Å². The summed E-state index contributed by atoms with van der Waals surface area (Å²) in [4.78, 5) is 2.31. The molecule has 1 aliphatic heterocycles. The summed E-state index contributed by atoms with van der Waals surface area (Å²) in [6.07, 6.45) is 4.15. The first-order valence-electron chi connectivity index (χ1n) is 8.09. The lowest BCUT2D eigenvalue weighted by atomic mass is 10.2. The maximum atomic E-state index is 6.00. The minimum absolute atomic E-state index is 0.0405. The first-order valence-corrected chi connectivity index (χ1v) is 8.47. The van der Waals surface area contributed by atoms with Crippen molar-refractivity contribution in [1.82, 2.24) is 4.57 Å². The Balaban J connectivity index is 1.61. The van der Waals surface area contributed by atoms with Gasteiger partial charge < -0.3 is 14.2 Å². The third kappa shape index (κ3) is 2.93. The van der Waals surface area contributed by atoms with Crippen LogP contribution in [0.1, 0.15) is 17.4 Å². The van der Waals surface area contributed by atoms with Gasteiger partial charge in [-0.2, -0.15) is 0 Å². The van der Waals surface area contributed by atoms with Crippen LogP contribution in [0.15, 0.2) is 67.0 Å². The molecule has 4 heteroatoms. The molecule has 0 N–H and O–H groups in total. The van der Waals surface area contributed by atoms with Gasteiger partial charge in [0.25, 0.3) is 0 Å². The zero-order valence-electron chi connectivity index (χ0n) is 13.5. The Labute approximate surface area is 147 Å². The molecule has 1 aromatic heterocycles. The van der Waals surface area contributed by atoms with Gasteiger partial charge in [-0.05, 0) is 49.4 Å². The third-order valence-corrected chi connectivity index (χ3v) is 4.63. The van der Waals surface area contributed by atoms with E-state index in [0.29, 0.717) is 0 Å². The Morgan fingerprint density at radius 3 is 2.42 bits per heavy atom. The lowest BCUT2D eigenvalue weighted by molar-refractivity contribution is 0.114. The molecule has 122 valence electrons. The van der Waals surface area contributed by atoms with E-state index in [-0.39, 0.29) is 6.23 Å². The van der Waals surface area contributed by atoms with Crippen LogP contribution in [0.2, 0.25) is 5.02 Å². The van der Waals surface area contributed by atoms with Crippen molar-refractivity contribution in [3.05, 3.63) is 83.1 Å². The van der Waals surface area contributed by atoms with E-state index in [1.807, 2.05) is 24.3 Å². The van der Waals surface area contributed by atoms with E-state index in [9.17, 15) is 0 Å². The fourth-order valence-corrected chi connectivity index (χ4v) is 3.21. The van der Waals surface area contributed by atoms with Crippen molar-refractivity contribution in [3.63, 3.8) is 0 Å². The zero-order valence-corrected chi connectivity index (χ0v) is 14.3. The molecule has 0 spiro atoms. The second kappa shape index (κ2) is 6.34. The average Bonchev–Trinajstić information content (AvgIpc) is 3.25. The number of ether oxygens (including phenoxy) is 1. The Kier molecular flexibility index (Phi) is 4.05. The molecular weight excluding hydrogens is 320 g/mol. The highest BCUT2D eigenvalue weighted by Crippen LogP contribution is 2.32. The van der Waals surface area contributed by atoms with Gasteiger partial charge in [0, 0.05) is 40.9 Å². The number of halogens is 1. The second-order valence-electron chi connectivity index (χ2n) is 6.08. The van der Waals surface area contributed by atoms with E-state index in [0.717, 1.165) is 29.4 Å². The highest BCUT2D eigenvalue weighted by molar-refractivity contribution is 6.30. The molecule has 2 aromatic carbocycles. The summed E-state index contributed by atoms with van der Waals surface area (Å²) in [6, 6.07) is 18.6. The quantitative estimate of drug-likeness (QED) is 0.670. The van der Waals surface area contributed by atoms with Crippen LogP contribution in [0.5, 0.6) is 0 Å². The van der Waals surface area contributed by atoms with Crippen molar-refractivity contribution in [2.45, 2.75) is 13.2 Å². The van der Waals surface area contributed by atoms with Crippen LogP contribution < -0.4 is 4.90 Å². The van der Waals surface area contributed by atoms with E-state index in [1.54, 1.807) is 0 Å². The van der Waals surface area contributed by atoms with E-state index in [2.05, 4.69) is 59.1 Å². The molecule has 1 unspecified atom stereocenters. The summed E-state index contributed by atoms with van der Waals surface area (Å²) in [5, 5.41) is 0.746. The maximum absolute atomic E-state index is 6.00. The number of aromatic nitrogens is 1. The van der Waals surface area contributed by atoms with Crippen LogP contribution in [-0.2, 0) is 4.74 Å². The number of hydrogen-bond donors (Lipinski definition) is 0. The number of hydrogen-bond acceptors (Lipinski definition) is 2. The van der Waals surface area contributed by atoms with Crippen LogP contribution in [0.25, 0.3) is 5.69 Å². The molecule has 4 rings (SSSR count). The molecule has 24 heavy (non-hydrogen) atoms. The van der Waals surface area contributed by atoms with E-state index >= 15 is 0 Å². The monoisotopic (exact) mass is 338 g/mol. The highest BCUT2D eigenvalue weighted by atomic mass is 35.5. The predicted molar refractivity (Wildman–Crippen MR) is 98.0 cm³/mol. The van der Waals surface area contributed by atoms with Gasteiger partial charge in [-0.3, -0.25) is 0 Å². The average molecular weight is 339 g/mol. The molecule has 0 radical (unpaired) electrons. The third-order valence-electron chi connectivity index (χ3n) is 4.38. The van der Waals surface area contributed by atoms with Gasteiger partial charge in [0.05, 0.1) is 6.61 Å². The fraction of sp³-hybridized carbons (Fsp3) is 0.200. The fourth-order valence-electron chi connectivity index (χ4n) is 3.08. The number of rotatable bonds is 3. The van der Waals surface area contributed by atoms with Gasteiger partial charge in [0.15, 0.2) is 6.23 Å². The molecule has 0 bridgehead atoms. The Morgan fingerprint density at radius 1 is 0.958 bits per heavy atom. The number of benzene rings is 2. The highest BCUT2D eigenvalue weighted by Gasteiger charge is 2.27. The molecular formula is C20H19ClN2O. The van der Waals surface area contributed by atoms with E-state index < -0.39 is 0 Å². The van der Waals surface area contributed by atoms with Gasteiger partial charge in [0.2, 0.25) is 0 Å².